The number of hydrogen-bond donors (Lipinski definition) is 5. The first-order valence-electron chi connectivity index (χ1n) is 21.9. The Morgan fingerprint density at radius 2 is 1.44 bits per heavy atom. The van der Waals surface area contributed by atoms with E-state index in [9.17, 15) is 29.7 Å². The van der Waals surface area contributed by atoms with Crippen molar-refractivity contribution >= 4 is 18.2 Å². The molecule has 5 aliphatic carbocycles. The van der Waals surface area contributed by atoms with Gasteiger partial charge in [-0.3, -0.25) is 0 Å². The zero-order valence-corrected chi connectivity index (χ0v) is 37.3. The zero-order chi connectivity index (χ0) is 42.6. The van der Waals surface area contributed by atoms with Crippen molar-refractivity contribution in [2.45, 2.75) is 213 Å². The summed E-state index contributed by atoms with van der Waals surface area (Å²) in [5, 5.41) is 40.0. The number of aliphatic hydroxyl groups excluding tert-OH is 2. The normalized spacial score (nSPS) is 42.7. The van der Waals surface area contributed by atoms with Crippen molar-refractivity contribution in [1.29, 1.82) is 0 Å². The Balaban J connectivity index is 1.31. The number of alkyl carbamates (subject to hydrolysis) is 2. The Bertz CT molecular complexity index is 1560. The second-order valence-electron chi connectivity index (χ2n) is 23.1. The Morgan fingerprint density at radius 3 is 2.04 bits per heavy atom. The first-order valence-corrected chi connectivity index (χ1v) is 21.9. The van der Waals surface area contributed by atoms with Gasteiger partial charge < -0.3 is 44.9 Å². The highest BCUT2D eigenvalue weighted by Gasteiger charge is 2.85. The predicted molar refractivity (Wildman–Crippen MR) is 215 cm³/mol. The van der Waals surface area contributed by atoms with Gasteiger partial charge in [0.1, 0.15) is 23.3 Å². The van der Waals surface area contributed by atoms with Crippen molar-refractivity contribution in [3.8, 4) is 0 Å². The van der Waals surface area contributed by atoms with Crippen LogP contribution in [-0.2, 0) is 23.7 Å². The van der Waals surface area contributed by atoms with Crippen molar-refractivity contribution in [2.75, 3.05) is 6.54 Å². The number of amides is 2. The SMILES string of the molecule is CC(C)(C)OC(=O)NCCC[C@H](NC(=O)OC(C)(C)C)C(=O)O[C@H]1C[C@@]2(C)C3C[C@H](O)[C@H]4C(C)(C)[C@@H](O)CCC45CC35CC[C@]2(C)[C@H]1[C@@]1(C)CC[C@@H](C(C)(C)O)O1. The first kappa shape index (κ1) is 44.4. The van der Waals surface area contributed by atoms with Gasteiger partial charge in [0, 0.05) is 12.5 Å². The monoisotopic (exact) mass is 805 g/mol. The molecule has 6 aliphatic rings. The van der Waals surface area contributed by atoms with Gasteiger partial charge in [-0.15, -0.1) is 0 Å². The average Bonchev–Trinajstić information content (AvgIpc) is 3.38. The number of nitrogens with one attached hydrogen (secondary N) is 2. The minimum atomic E-state index is -1.06. The van der Waals surface area contributed by atoms with E-state index in [0.29, 0.717) is 32.1 Å². The van der Waals surface area contributed by atoms with Gasteiger partial charge in [0.05, 0.1) is 29.5 Å². The van der Waals surface area contributed by atoms with E-state index in [1.165, 1.54) is 0 Å². The third-order valence-corrected chi connectivity index (χ3v) is 16.3. The molecular weight excluding hydrogens is 728 g/mol. The van der Waals surface area contributed by atoms with Crippen LogP contribution in [0.15, 0.2) is 0 Å². The van der Waals surface area contributed by atoms with Crippen LogP contribution in [-0.4, -0.2) is 92.9 Å². The van der Waals surface area contributed by atoms with E-state index in [1.54, 1.807) is 55.4 Å². The smallest absolute Gasteiger partial charge is 0.408 e. The highest BCUT2D eigenvalue weighted by molar-refractivity contribution is 5.81. The summed E-state index contributed by atoms with van der Waals surface area (Å²) in [5.41, 5.74) is -4.27. The van der Waals surface area contributed by atoms with Gasteiger partial charge in [0.25, 0.3) is 0 Å². The van der Waals surface area contributed by atoms with Crippen molar-refractivity contribution in [1.82, 2.24) is 10.6 Å². The number of rotatable bonds is 9. The molecule has 12 heteroatoms. The topological polar surface area (TPSA) is 173 Å². The highest BCUT2D eigenvalue weighted by atomic mass is 16.6. The maximum Gasteiger partial charge on any atom is 0.408 e. The summed E-state index contributed by atoms with van der Waals surface area (Å²) in [6.45, 7) is 25.6. The van der Waals surface area contributed by atoms with Gasteiger partial charge in [0.15, 0.2) is 0 Å². The van der Waals surface area contributed by atoms with Crippen molar-refractivity contribution < 1.29 is 48.7 Å². The highest BCUT2D eigenvalue weighted by Crippen LogP contribution is 2.89. The molecule has 5 N–H and O–H groups in total. The summed E-state index contributed by atoms with van der Waals surface area (Å²) < 4.78 is 24.6. The van der Waals surface area contributed by atoms with Crippen molar-refractivity contribution in [2.24, 2.45) is 44.8 Å². The third-order valence-electron chi connectivity index (χ3n) is 16.3. The van der Waals surface area contributed by atoms with E-state index in [0.717, 1.165) is 32.1 Å². The van der Waals surface area contributed by atoms with Crippen LogP contribution >= 0.6 is 0 Å². The van der Waals surface area contributed by atoms with Gasteiger partial charge in [-0.05, 0) is 172 Å². The van der Waals surface area contributed by atoms with E-state index in [-0.39, 0.29) is 63.9 Å². The molecule has 326 valence electrons. The average molecular weight is 805 g/mol. The lowest BCUT2D eigenvalue weighted by atomic mass is 9.41. The molecule has 1 aliphatic heterocycles. The molecule has 0 bridgehead atoms. The molecule has 2 spiro atoms. The van der Waals surface area contributed by atoms with E-state index in [1.807, 2.05) is 0 Å². The molecule has 0 radical (unpaired) electrons. The second-order valence-corrected chi connectivity index (χ2v) is 23.1. The minimum absolute atomic E-state index is 0.0245. The van der Waals surface area contributed by atoms with E-state index < -0.39 is 64.9 Å². The van der Waals surface area contributed by atoms with Crippen LogP contribution in [0.1, 0.15) is 161 Å². The lowest BCUT2D eigenvalue weighted by molar-refractivity contribution is -0.214. The van der Waals surface area contributed by atoms with Gasteiger partial charge >= 0.3 is 18.2 Å². The summed E-state index contributed by atoms with van der Waals surface area (Å²) >= 11 is 0. The molecule has 0 aromatic heterocycles. The summed E-state index contributed by atoms with van der Waals surface area (Å²) in [7, 11) is 0. The fourth-order valence-corrected chi connectivity index (χ4v) is 13.9. The molecule has 5 saturated carbocycles. The Kier molecular flexibility index (Phi) is 11.1. The summed E-state index contributed by atoms with van der Waals surface area (Å²) in [6, 6.07) is -1.04. The number of ether oxygens (including phenoxy) is 4. The maximum absolute atomic E-state index is 14.6. The van der Waals surface area contributed by atoms with Crippen LogP contribution in [0, 0.1) is 44.8 Å². The fourth-order valence-electron chi connectivity index (χ4n) is 13.9. The molecular formula is C45H76N2O10. The van der Waals surface area contributed by atoms with Gasteiger partial charge in [0.2, 0.25) is 0 Å². The van der Waals surface area contributed by atoms with E-state index in [4.69, 9.17) is 18.9 Å². The summed E-state index contributed by atoms with van der Waals surface area (Å²) in [6.07, 6.45) is 4.53. The molecule has 12 nitrogen and oxygen atoms in total. The predicted octanol–water partition coefficient (Wildman–Crippen LogP) is 7.19. The molecule has 13 atom stereocenters. The van der Waals surface area contributed by atoms with Gasteiger partial charge in [-0.25, -0.2) is 14.4 Å². The van der Waals surface area contributed by atoms with Crippen molar-refractivity contribution in [3.05, 3.63) is 0 Å². The standard InChI is InChI=1S/C45H76N2O10/c1-37(2,3)56-35(51)46-22-14-15-26(47-36(52)57-38(4,5)6)34(50)54-28-24-42(12)29-23-27(48)32-39(7,8)30(49)16-19-45(32)25-44(29,45)21-20-41(42,11)33(28)43(13)18-17-31(55-43)40(9,10)53/h26-33,48-49,53H,14-25H2,1-13H3,(H,46,51)(H,47,52)/t26-,27-,28-,29?,30-,31-,32-,33-,41+,42-,43+,44?,45?/m0/s1. The quantitative estimate of drug-likeness (QED) is 0.0913. The van der Waals surface area contributed by atoms with Gasteiger partial charge in [-0.2, -0.15) is 0 Å². The molecule has 0 aromatic rings. The van der Waals surface area contributed by atoms with Crippen molar-refractivity contribution in [3.63, 3.8) is 0 Å². The number of hydrogen-bond acceptors (Lipinski definition) is 10. The van der Waals surface area contributed by atoms with Crippen LogP contribution in [0.4, 0.5) is 9.59 Å². The fraction of sp³-hybridized carbons (Fsp3) is 0.933. The van der Waals surface area contributed by atoms with E-state index in [2.05, 4.69) is 45.3 Å². The van der Waals surface area contributed by atoms with Crippen LogP contribution in [0.2, 0.25) is 0 Å². The number of fused-ring (bicyclic) bond motifs is 2. The van der Waals surface area contributed by atoms with Crippen LogP contribution in [0.3, 0.4) is 0 Å². The molecule has 1 saturated heterocycles. The maximum atomic E-state index is 14.6. The lowest BCUT2D eigenvalue weighted by Crippen LogP contribution is -2.62. The number of carbonyl (C=O) groups is 3. The Morgan fingerprint density at radius 1 is 0.807 bits per heavy atom. The third kappa shape index (κ3) is 7.62. The Labute approximate surface area is 341 Å². The van der Waals surface area contributed by atoms with Crippen LogP contribution in [0.5, 0.6) is 0 Å². The summed E-state index contributed by atoms with van der Waals surface area (Å²) in [5.74, 6) is -0.591. The molecule has 1 heterocycles. The molecule has 0 aromatic carbocycles. The molecule has 6 fully saturated rings. The van der Waals surface area contributed by atoms with Gasteiger partial charge in [-0.1, -0.05) is 27.7 Å². The number of carbonyl (C=O) groups excluding carboxylic acids is 3. The first-order chi connectivity index (χ1) is 25.9. The minimum Gasteiger partial charge on any atom is -0.460 e. The van der Waals surface area contributed by atoms with E-state index >= 15 is 0 Å². The molecule has 2 amide bonds. The number of esters is 1. The lowest BCUT2D eigenvalue weighted by Gasteiger charge is -2.64. The Hall–Kier alpha value is -2.15. The molecule has 6 rings (SSSR count). The largest absolute Gasteiger partial charge is 0.460 e. The second kappa shape index (κ2) is 14.2. The van der Waals surface area contributed by atoms with Crippen LogP contribution < -0.4 is 10.6 Å². The van der Waals surface area contributed by atoms with Crippen LogP contribution in [0.25, 0.3) is 0 Å². The number of aliphatic hydroxyl groups is 3. The zero-order valence-electron chi connectivity index (χ0n) is 37.3. The molecule has 57 heavy (non-hydrogen) atoms. The summed E-state index contributed by atoms with van der Waals surface area (Å²) in [4.78, 5) is 40.1. The molecule has 3 unspecified atom stereocenters.